The molecule has 0 bridgehead atoms. The van der Waals surface area contributed by atoms with Gasteiger partial charge in [-0.05, 0) is 30.3 Å². The standard InChI is InChI=1S/C22H16Cl2N4O2/c1-27-19-6-3-11(18-10-30-22(25)26-18)7-14(19)15-9-16(21(29)28(2)20(15)27)13-5-4-12(23)8-17(13)24/h3-10H,1-2H3,(H2,25,26). The second-order valence-corrected chi connectivity index (χ2v) is 7.99. The molecule has 30 heavy (non-hydrogen) atoms. The van der Waals surface area contributed by atoms with Gasteiger partial charge in [-0.3, -0.25) is 9.36 Å². The summed E-state index contributed by atoms with van der Waals surface area (Å²) in [5.74, 6) is 0. The average Bonchev–Trinajstić information content (AvgIpc) is 3.26. The Morgan fingerprint density at radius 3 is 2.47 bits per heavy atom. The van der Waals surface area contributed by atoms with Gasteiger partial charge in [0.15, 0.2) is 0 Å². The molecule has 0 saturated heterocycles. The number of aromatic nitrogens is 3. The SMILES string of the molecule is Cn1c(=O)c(-c2ccc(Cl)cc2Cl)cc2c3cc(-c4coc(N)n4)ccc3n(C)c21. The molecule has 0 unspecified atom stereocenters. The molecule has 5 aromatic rings. The molecule has 0 fully saturated rings. The first kappa shape index (κ1) is 18.8. The van der Waals surface area contributed by atoms with Gasteiger partial charge in [-0.25, -0.2) is 0 Å². The third kappa shape index (κ3) is 2.72. The molecule has 8 heteroatoms. The number of nitrogens with zero attached hydrogens (tertiary/aromatic N) is 3. The van der Waals surface area contributed by atoms with E-state index in [-0.39, 0.29) is 11.6 Å². The van der Waals surface area contributed by atoms with Crippen molar-refractivity contribution in [1.82, 2.24) is 14.1 Å². The number of halogens is 2. The van der Waals surface area contributed by atoms with E-state index in [4.69, 9.17) is 33.4 Å². The Morgan fingerprint density at radius 1 is 0.967 bits per heavy atom. The largest absolute Gasteiger partial charge is 0.432 e. The Morgan fingerprint density at radius 2 is 1.77 bits per heavy atom. The van der Waals surface area contributed by atoms with Crippen LogP contribution in [-0.4, -0.2) is 14.1 Å². The second kappa shape index (κ2) is 6.65. The van der Waals surface area contributed by atoms with Gasteiger partial charge >= 0.3 is 0 Å². The van der Waals surface area contributed by atoms with E-state index in [2.05, 4.69) is 4.98 Å². The Kier molecular flexibility index (Phi) is 4.17. The topological polar surface area (TPSA) is 79.0 Å². The Labute approximate surface area is 181 Å². The molecule has 0 aliphatic carbocycles. The summed E-state index contributed by atoms with van der Waals surface area (Å²) in [6.45, 7) is 0. The summed E-state index contributed by atoms with van der Waals surface area (Å²) >= 11 is 12.4. The number of nitrogen functional groups attached to an aromatic ring is 1. The van der Waals surface area contributed by atoms with E-state index in [9.17, 15) is 4.79 Å². The summed E-state index contributed by atoms with van der Waals surface area (Å²) in [5.41, 5.74) is 9.95. The Bertz CT molecular complexity index is 1530. The van der Waals surface area contributed by atoms with Crippen molar-refractivity contribution < 1.29 is 4.42 Å². The zero-order chi connectivity index (χ0) is 21.2. The van der Waals surface area contributed by atoms with E-state index < -0.39 is 0 Å². The van der Waals surface area contributed by atoms with Crippen LogP contribution in [0.1, 0.15) is 0 Å². The van der Waals surface area contributed by atoms with E-state index in [1.165, 1.54) is 6.26 Å². The third-order valence-corrected chi connectivity index (χ3v) is 5.93. The molecule has 150 valence electrons. The second-order valence-electron chi connectivity index (χ2n) is 7.15. The number of aryl methyl sites for hydroxylation is 2. The maximum Gasteiger partial charge on any atom is 0.292 e. The monoisotopic (exact) mass is 438 g/mol. The van der Waals surface area contributed by atoms with Crippen molar-refractivity contribution in [1.29, 1.82) is 0 Å². The van der Waals surface area contributed by atoms with E-state index in [0.29, 0.717) is 26.9 Å². The zero-order valence-corrected chi connectivity index (χ0v) is 17.6. The fraction of sp³-hybridized carbons (Fsp3) is 0.0909. The first-order chi connectivity index (χ1) is 14.3. The summed E-state index contributed by atoms with van der Waals surface area (Å²) in [5, 5.41) is 2.85. The lowest BCUT2D eigenvalue weighted by Gasteiger charge is -2.09. The van der Waals surface area contributed by atoms with Crippen LogP contribution in [0.25, 0.3) is 44.3 Å². The van der Waals surface area contributed by atoms with Crippen molar-refractivity contribution in [3.63, 3.8) is 0 Å². The van der Waals surface area contributed by atoms with Crippen LogP contribution < -0.4 is 11.3 Å². The number of pyridine rings is 1. The minimum Gasteiger partial charge on any atom is -0.432 e. The van der Waals surface area contributed by atoms with E-state index in [1.54, 1.807) is 29.8 Å². The summed E-state index contributed by atoms with van der Waals surface area (Å²) in [7, 11) is 3.70. The summed E-state index contributed by atoms with van der Waals surface area (Å²) in [4.78, 5) is 17.4. The lowest BCUT2D eigenvalue weighted by atomic mass is 10.0. The number of rotatable bonds is 2. The maximum absolute atomic E-state index is 13.2. The van der Waals surface area contributed by atoms with Crippen LogP contribution in [-0.2, 0) is 14.1 Å². The minimum absolute atomic E-state index is 0.116. The van der Waals surface area contributed by atoms with Gasteiger partial charge in [0.2, 0.25) is 0 Å². The normalized spacial score (nSPS) is 11.6. The van der Waals surface area contributed by atoms with Gasteiger partial charge in [0.25, 0.3) is 11.6 Å². The lowest BCUT2D eigenvalue weighted by molar-refractivity contribution is 0.581. The number of hydrogen-bond donors (Lipinski definition) is 1. The highest BCUT2D eigenvalue weighted by Gasteiger charge is 2.18. The predicted octanol–water partition coefficient (Wildman–Crippen LogP) is 5.24. The lowest BCUT2D eigenvalue weighted by Crippen LogP contribution is -2.20. The van der Waals surface area contributed by atoms with Crippen LogP contribution in [0.4, 0.5) is 6.01 Å². The molecule has 3 heterocycles. The highest BCUT2D eigenvalue weighted by molar-refractivity contribution is 6.36. The van der Waals surface area contributed by atoms with Crippen molar-refractivity contribution in [3.8, 4) is 22.4 Å². The number of hydrogen-bond acceptors (Lipinski definition) is 4. The highest BCUT2D eigenvalue weighted by Crippen LogP contribution is 2.35. The first-order valence-corrected chi connectivity index (χ1v) is 9.89. The van der Waals surface area contributed by atoms with Crippen molar-refractivity contribution in [2.45, 2.75) is 0 Å². The molecular formula is C22H16Cl2N4O2. The van der Waals surface area contributed by atoms with Crippen molar-refractivity contribution in [3.05, 3.63) is 69.1 Å². The molecule has 3 aromatic heterocycles. The number of oxazole rings is 1. The number of fused-ring (bicyclic) bond motifs is 3. The number of anilines is 1. The number of nitrogens with two attached hydrogens (primary N) is 1. The molecule has 0 spiro atoms. The Hall–Kier alpha value is -3.22. The van der Waals surface area contributed by atoms with Crippen LogP contribution in [0, 0.1) is 0 Å². The van der Waals surface area contributed by atoms with Gasteiger partial charge in [-0.2, -0.15) is 4.98 Å². The van der Waals surface area contributed by atoms with Crippen molar-refractivity contribution in [2.75, 3.05) is 5.73 Å². The average molecular weight is 439 g/mol. The maximum atomic E-state index is 13.2. The molecule has 2 aromatic carbocycles. The summed E-state index contributed by atoms with van der Waals surface area (Å²) in [6, 6.07) is 13.1. The molecule has 6 nitrogen and oxygen atoms in total. The van der Waals surface area contributed by atoms with Gasteiger partial charge in [0.1, 0.15) is 17.6 Å². The third-order valence-electron chi connectivity index (χ3n) is 5.39. The molecule has 0 aliphatic rings. The van der Waals surface area contributed by atoms with Gasteiger partial charge in [0, 0.05) is 46.6 Å². The summed E-state index contributed by atoms with van der Waals surface area (Å²) < 4.78 is 8.79. The number of benzene rings is 2. The van der Waals surface area contributed by atoms with Gasteiger partial charge in [-0.15, -0.1) is 0 Å². The summed E-state index contributed by atoms with van der Waals surface area (Å²) in [6.07, 6.45) is 1.52. The molecule has 5 rings (SSSR count). The van der Waals surface area contributed by atoms with E-state index in [0.717, 1.165) is 27.5 Å². The molecule has 0 saturated carbocycles. The zero-order valence-electron chi connectivity index (χ0n) is 16.1. The highest BCUT2D eigenvalue weighted by atomic mass is 35.5. The fourth-order valence-electron chi connectivity index (χ4n) is 3.97. The van der Waals surface area contributed by atoms with E-state index in [1.807, 2.05) is 35.9 Å². The quantitative estimate of drug-likeness (QED) is 0.408. The molecule has 0 amide bonds. The first-order valence-electron chi connectivity index (χ1n) is 9.14. The predicted molar refractivity (Wildman–Crippen MR) is 121 cm³/mol. The van der Waals surface area contributed by atoms with Crippen LogP contribution in [0.5, 0.6) is 0 Å². The van der Waals surface area contributed by atoms with Crippen molar-refractivity contribution in [2.24, 2.45) is 14.1 Å². The van der Waals surface area contributed by atoms with Crippen LogP contribution in [0.3, 0.4) is 0 Å². The van der Waals surface area contributed by atoms with Crippen LogP contribution in [0.15, 0.2) is 57.9 Å². The van der Waals surface area contributed by atoms with E-state index >= 15 is 0 Å². The molecule has 0 radical (unpaired) electrons. The van der Waals surface area contributed by atoms with Gasteiger partial charge in [-0.1, -0.05) is 35.3 Å². The van der Waals surface area contributed by atoms with Gasteiger partial charge in [0.05, 0.1) is 10.5 Å². The fourth-order valence-corrected chi connectivity index (χ4v) is 4.48. The minimum atomic E-state index is -0.137. The van der Waals surface area contributed by atoms with Crippen LogP contribution >= 0.6 is 23.2 Å². The smallest absolute Gasteiger partial charge is 0.292 e. The van der Waals surface area contributed by atoms with Gasteiger partial charge < -0.3 is 14.7 Å². The molecule has 2 N–H and O–H groups in total. The molecule has 0 aliphatic heterocycles. The van der Waals surface area contributed by atoms with Crippen LogP contribution in [0.2, 0.25) is 10.0 Å². The Balaban J connectivity index is 1.85. The molecular weight excluding hydrogens is 423 g/mol. The van der Waals surface area contributed by atoms with Crippen molar-refractivity contribution >= 4 is 51.2 Å². The molecule has 0 atom stereocenters.